The van der Waals surface area contributed by atoms with E-state index in [9.17, 15) is 41.5 Å². The number of H-pyrrole nitrogens is 1. The Bertz CT molecular complexity index is 6860. The van der Waals surface area contributed by atoms with Crippen LogP contribution in [0.4, 0.5) is 35.9 Å². The Morgan fingerprint density at radius 3 is 1.15 bits per heavy atom. The van der Waals surface area contributed by atoms with Crippen molar-refractivity contribution in [2.24, 2.45) is 21.1 Å². The molecule has 3 aliphatic heterocycles. The van der Waals surface area contributed by atoms with Crippen LogP contribution in [0.5, 0.6) is 0 Å². The van der Waals surface area contributed by atoms with E-state index in [1.54, 1.807) is 226 Å². The van der Waals surface area contributed by atoms with Crippen molar-refractivity contribution >= 4 is 73.2 Å². The van der Waals surface area contributed by atoms with Crippen LogP contribution in [0.1, 0.15) is 148 Å². The zero-order valence-electron chi connectivity index (χ0n) is 71.5. The van der Waals surface area contributed by atoms with Crippen LogP contribution in [0.15, 0.2) is 147 Å². The van der Waals surface area contributed by atoms with E-state index in [1.165, 1.54) is 47.2 Å². The number of nitrogens with zero attached hydrogens (tertiary/aromatic N) is 19. The summed E-state index contributed by atoms with van der Waals surface area (Å²) >= 11 is 3.11. The van der Waals surface area contributed by atoms with Gasteiger partial charge in [-0.05, 0) is 208 Å². The number of halogens is 8. The Morgan fingerprint density at radius 2 is 0.790 bits per heavy atom. The maximum Gasteiger partial charge on any atom is 0.410 e. The van der Waals surface area contributed by atoms with Crippen molar-refractivity contribution in [1.82, 2.24) is 102 Å². The largest absolute Gasteiger partial charge is 0.444 e. The lowest BCUT2D eigenvalue weighted by molar-refractivity contribution is 0.0148. The molecule has 0 fully saturated rings. The fourth-order valence-corrected chi connectivity index (χ4v) is 16.6. The normalized spacial score (nSPS) is 15.1. The SMILES string of the molecule is Cc1cc(-n2nc3c(c2-n2cc[nH]c2=O)[C@H](C)N(C(=O)OC(C)(C)C)CC3)cc(C)c1F.Cc1cc(-n2nc3c(c2-n2ccn(-c4cc5cnn(C)c5cc4F)c2=O)[C@H](C)N(C(=O)OC(C)(C)C)CC3)cc(C)c1F.Cc1cc(-n2nc3c(c2-n2ccn(-c4cc5cnn(C)c5cc4F)c2=O)[C@H](C)NCC3)cc(C)c1F.Cl.Cn1ncc2cc(Br)c(F)cc21. The summed E-state index contributed by atoms with van der Waals surface area (Å²) in [5.41, 5.74) is 8.98. The molecule has 0 aliphatic carbocycles. The van der Waals surface area contributed by atoms with Gasteiger partial charge in [-0.2, -0.15) is 30.6 Å². The quantitative estimate of drug-likeness (QED) is 0.134. The molecular formula is C88H93BrClF6N21O7. The van der Waals surface area contributed by atoms with Gasteiger partial charge in [0, 0.05) is 154 Å². The first-order valence-electron chi connectivity index (χ1n) is 39.9. The Morgan fingerprint density at radius 1 is 0.452 bits per heavy atom. The molecule has 0 spiro atoms. The first-order chi connectivity index (χ1) is 58.1. The molecule has 12 heterocycles. The molecule has 18 rings (SSSR count). The minimum Gasteiger partial charge on any atom is -0.444 e. The Hall–Kier alpha value is -12.8. The molecule has 0 radical (unpaired) electrons. The minimum atomic E-state index is -0.694. The fraction of sp³-hybridized carbons (Fsp3) is 0.330. The third kappa shape index (κ3) is 16.3. The van der Waals surface area contributed by atoms with E-state index in [1.807, 2.05) is 41.5 Å². The van der Waals surface area contributed by atoms with Crippen molar-refractivity contribution < 1.29 is 45.4 Å². The van der Waals surface area contributed by atoms with Gasteiger partial charge in [-0.3, -0.25) is 36.9 Å². The average molecular weight is 1790 g/mol. The number of carbonyl (C=O) groups is 2. The maximum atomic E-state index is 15.4. The summed E-state index contributed by atoms with van der Waals surface area (Å²) in [4.78, 5) is 72.4. The lowest BCUT2D eigenvalue weighted by Crippen LogP contribution is -2.42. The summed E-state index contributed by atoms with van der Waals surface area (Å²) in [6.45, 7) is 28.4. The summed E-state index contributed by atoms with van der Waals surface area (Å²) in [6, 6.07) is 18.4. The summed E-state index contributed by atoms with van der Waals surface area (Å²) in [5.74, 6) is -0.760. The summed E-state index contributed by atoms with van der Waals surface area (Å²) < 4.78 is 115. The number of benzene rings is 6. The van der Waals surface area contributed by atoms with Crippen molar-refractivity contribution in [2.45, 2.75) is 152 Å². The Balaban J connectivity index is 0.000000142. The van der Waals surface area contributed by atoms with Gasteiger partial charge < -0.3 is 29.6 Å². The van der Waals surface area contributed by atoms with E-state index < -0.39 is 52.4 Å². The molecule has 0 unspecified atom stereocenters. The number of aryl methyl sites for hydroxylation is 9. The van der Waals surface area contributed by atoms with Crippen LogP contribution in [-0.4, -0.2) is 139 Å². The molecule has 28 nitrogen and oxygen atoms in total. The van der Waals surface area contributed by atoms with E-state index in [0.29, 0.717) is 132 Å². The molecule has 6 aromatic carbocycles. The Kier molecular flexibility index (Phi) is 23.6. The zero-order valence-corrected chi connectivity index (χ0v) is 73.9. The van der Waals surface area contributed by atoms with E-state index in [0.717, 1.165) is 45.3 Å². The van der Waals surface area contributed by atoms with Gasteiger partial charge in [0.2, 0.25) is 0 Å². The monoisotopic (exact) mass is 1780 g/mol. The molecule has 3 atom stereocenters. The number of rotatable bonds is 8. The van der Waals surface area contributed by atoms with Crippen molar-refractivity contribution in [2.75, 3.05) is 19.6 Å². The number of hydrogen-bond acceptors (Lipinski definition) is 14. The number of aromatic nitrogens is 18. The second kappa shape index (κ2) is 33.5. The van der Waals surface area contributed by atoms with Crippen LogP contribution in [0, 0.1) is 76.4 Å². The highest BCUT2D eigenvalue weighted by Crippen LogP contribution is 2.40. The van der Waals surface area contributed by atoms with Crippen LogP contribution in [0.3, 0.4) is 0 Å². The minimum absolute atomic E-state index is 0. The Labute approximate surface area is 722 Å². The zero-order chi connectivity index (χ0) is 88.3. The van der Waals surface area contributed by atoms with Crippen LogP contribution in [0.25, 0.3) is 78.6 Å². The summed E-state index contributed by atoms with van der Waals surface area (Å²) in [5, 5.41) is 32.6. The van der Waals surface area contributed by atoms with E-state index in [4.69, 9.17) is 24.8 Å². The predicted octanol–water partition coefficient (Wildman–Crippen LogP) is 16.1. The van der Waals surface area contributed by atoms with E-state index in [2.05, 4.69) is 41.5 Å². The van der Waals surface area contributed by atoms with Gasteiger partial charge in [-0.25, -0.2) is 64.4 Å². The number of imidazole rings is 3. The number of fused-ring (bicyclic) bond motifs is 6. The second-order valence-electron chi connectivity index (χ2n) is 33.2. The third-order valence-corrected chi connectivity index (χ3v) is 22.8. The van der Waals surface area contributed by atoms with Gasteiger partial charge in [0.15, 0.2) is 0 Å². The van der Waals surface area contributed by atoms with Crippen molar-refractivity contribution in [3.05, 3.63) is 267 Å². The summed E-state index contributed by atoms with van der Waals surface area (Å²) in [6.07, 6.45) is 15.1. The van der Waals surface area contributed by atoms with Crippen LogP contribution < -0.4 is 22.4 Å². The highest BCUT2D eigenvalue weighted by atomic mass is 79.9. The van der Waals surface area contributed by atoms with E-state index in [-0.39, 0.29) is 64.8 Å². The molecule has 15 aromatic rings. The molecule has 124 heavy (non-hydrogen) atoms. The second-order valence-corrected chi connectivity index (χ2v) is 34.1. The van der Waals surface area contributed by atoms with Gasteiger partial charge in [0.1, 0.15) is 63.6 Å². The lowest BCUT2D eigenvalue weighted by Gasteiger charge is -2.34. The average Bonchev–Trinajstić information content (AvgIpc) is 1.59. The van der Waals surface area contributed by atoms with Crippen molar-refractivity contribution in [3.8, 4) is 45.9 Å². The number of nitrogens with one attached hydrogen (secondary N) is 2. The molecule has 0 saturated heterocycles. The molecule has 9 aromatic heterocycles. The number of ether oxygens (including phenoxy) is 2. The molecule has 0 saturated carbocycles. The molecule has 2 amide bonds. The third-order valence-electron chi connectivity index (χ3n) is 22.2. The first-order valence-corrected chi connectivity index (χ1v) is 40.7. The lowest BCUT2D eigenvalue weighted by atomic mass is 10.00. The van der Waals surface area contributed by atoms with Crippen LogP contribution in [0.2, 0.25) is 0 Å². The molecule has 648 valence electrons. The van der Waals surface area contributed by atoms with Gasteiger partial charge in [-0.15, -0.1) is 12.4 Å². The first kappa shape index (κ1) is 87.6. The van der Waals surface area contributed by atoms with Crippen molar-refractivity contribution in [3.63, 3.8) is 0 Å². The molecule has 36 heteroatoms. The van der Waals surface area contributed by atoms with Gasteiger partial charge in [-0.1, -0.05) is 0 Å². The highest BCUT2D eigenvalue weighted by molar-refractivity contribution is 9.10. The standard InChI is InChI=1S/C31H33F2N7O3.C26H25F2N7O.C23H28FN5O3.C8H6BrFN2.ClH/c1-17-12-21(13-18(2)27(17)33)40-28(26-19(3)37(9-8-23(26)35-40)30(42)43-31(4,5)6)39-11-10-38(29(39)41)25-14-20-16-34-36(7)24(20)15-22(25)32;1-14-9-18(10-15(2)24(14)28)35-25(23-16(3)29-6-5-20(23)31-35)34-8-7-33(26(34)36)22-11-17-13-30-32(4)21(17)12-19(22)27;1-13-11-16(12-14(2)19(13)24)29-20(28-10-8-25-21(28)30)18-15(3)27(9-7-17(18)26-29)22(31)32-23(4,5)6;1-12-8-3-7(10)6(9)2-5(8)4-11-12;/h10-16,19H,8-9H2,1-7H3;7-13,16,29H,5-6H2,1-4H3;8,10-12,15H,7,9H2,1-6H3,(H,25,30);2-4H,1H3;1H/t19-;16-;15-;;/m000../s1. The van der Waals surface area contributed by atoms with Gasteiger partial charge in [0.25, 0.3) is 0 Å². The summed E-state index contributed by atoms with van der Waals surface area (Å²) in [7, 11) is 5.24. The van der Waals surface area contributed by atoms with Crippen LogP contribution >= 0.6 is 28.3 Å². The number of hydrogen-bond donors (Lipinski definition) is 2. The fourth-order valence-electron chi connectivity index (χ4n) is 16.2. The van der Waals surface area contributed by atoms with Gasteiger partial charge in [0.05, 0.1) is 97.2 Å². The maximum absolute atomic E-state index is 15.4. The topological polar surface area (TPSA) is 270 Å². The highest BCUT2D eigenvalue weighted by Gasteiger charge is 2.40. The van der Waals surface area contributed by atoms with Gasteiger partial charge >= 0.3 is 29.3 Å². The van der Waals surface area contributed by atoms with E-state index >= 15 is 8.78 Å². The number of carbonyl (C=O) groups excluding carboxylic acids is 2. The molecule has 2 N–H and O–H groups in total. The smallest absolute Gasteiger partial charge is 0.410 e. The van der Waals surface area contributed by atoms with Crippen molar-refractivity contribution in [1.29, 1.82) is 0 Å². The predicted molar refractivity (Wildman–Crippen MR) is 463 cm³/mol. The van der Waals surface area contributed by atoms with Crippen LogP contribution in [-0.2, 0) is 49.9 Å². The molecule has 3 aliphatic rings. The number of amides is 2. The molecule has 0 bridgehead atoms. The number of aromatic amines is 1. The molecular weight excluding hydrogens is 1690 g/mol.